The number of alkyl halides is 3. The molecule has 3 atom stereocenters. The lowest BCUT2D eigenvalue weighted by Crippen LogP contribution is -2.30. The maximum absolute atomic E-state index is 14.5. The fraction of sp³-hybridized carbons (Fsp3) is 0.357. The number of aromatic nitrogens is 4. The molecule has 2 N–H and O–H groups in total. The van der Waals surface area contributed by atoms with E-state index in [1.54, 1.807) is 19.2 Å². The predicted octanol–water partition coefficient (Wildman–Crippen LogP) is 6.94. The van der Waals surface area contributed by atoms with Crippen LogP contribution in [0, 0.1) is 12.3 Å². The number of carboxylic acid groups (broad SMARTS) is 1. The summed E-state index contributed by atoms with van der Waals surface area (Å²) in [5.74, 6) is -1.00. The molecule has 3 aromatic heterocycles. The van der Waals surface area contributed by atoms with Crippen LogP contribution in [0.2, 0.25) is 5.02 Å². The van der Waals surface area contributed by atoms with Gasteiger partial charge in [0.05, 0.1) is 16.9 Å². The lowest BCUT2D eigenvalue weighted by Gasteiger charge is -2.31. The minimum absolute atomic E-state index is 0. The van der Waals surface area contributed by atoms with Crippen LogP contribution >= 0.6 is 35.3 Å². The lowest BCUT2D eigenvalue weighted by atomic mass is 9.72. The molecule has 0 radical (unpaired) electrons. The Morgan fingerprint density at radius 2 is 2.12 bits per heavy atom. The first-order valence-corrected chi connectivity index (χ1v) is 14.2. The monoisotopic (exact) mass is 639 g/mol. The summed E-state index contributed by atoms with van der Waals surface area (Å²) in [4.78, 5) is 19.9. The van der Waals surface area contributed by atoms with Gasteiger partial charge in [-0.15, -0.1) is 23.7 Å². The number of fused-ring (bicyclic) bond motifs is 1. The molecule has 42 heavy (non-hydrogen) atoms. The van der Waals surface area contributed by atoms with Gasteiger partial charge in [0.2, 0.25) is 12.0 Å². The SMILES string of the molecule is Cc1ccn(-c2cc(Cl)ccc2C(Oc2ncnc3c(C4=CCC5(CC4)CNC(C(=O)O)C5)csc23)C(F)(F)F)n1.Cl. The number of nitrogens with zero attached hydrogens (tertiary/aromatic N) is 4. The number of halogens is 5. The Bertz CT molecular complexity index is 1670. The van der Waals surface area contributed by atoms with Crippen LogP contribution < -0.4 is 10.1 Å². The molecule has 1 saturated heterocycles. The molecule has 0 amide bonds. The van der Waals surface area contributed by atoms with E-state index in [-0.39, 0.29) is 40.0 Å². The lowest BCUT2D eigenvalue weighted by molar-refractivity contribution is -0.198. The molecule has 222 valence electrons. The van der Waals surface area contributed by atoms with E-state index in [0.717, 1.165) is 17.6 Å². The first kappa shape index (κ1) is 30.3. The number of aryl methyl sites for hydroxylation is 1. The van der Waals surface area contributed by atoms with Gasteiger partial charge in [-0.25, -0.2) is 14.6 Å². The highest BCUT2D eigenvalue weighted by Gasteiger charge is 2.46. The Morgan fingerprint density at radius 1 is 1.31 bits per heavy atom. The van der Waals surface area contributed by atoms with Gasteiger partial charge in [-0.1, -0.05) is 23.7 Å². The molecule has 1 fully saturated rings. The Morgan fingerprint density at radius 3 is 2.76 bits per heavy atom. The number of aliphatic carboxylic acids is 1. The number of thiophene rings is 1. The van der Waals surface area contributed by atoms with Gasteiger partial charge >= 0.3 is 12.1 Å². The number of hydrogen-bond acceptors (Lipinski definition) is 7. The Balaban J connectivity index is 0.00000353. The molecule has 4 aromatic rings. The van der Waals surface area contributed by atoms with Crippen molar-refractivity contribution in [1.82, 2.24) is 25.1 Å². The smallest absolute Gasteiger partial charge is 0.429 e. The second-order valence-electron chi connectivity index (χ2n) is 10.6. The highest BCUT2D eigenvalue weighted by atomic mass is 35.5. The summed E-state index contributed by atoms with van der Waals surface area (Å²) < 4.78 is 51.0. The number of carboxylic acids is 1. The highest BCUT2D eigenvalue weighted by molar-refractivity contribution is 7.17. The van der Waals surface area contributed by atoms with Gasteiger partial charge in [-0.05, 0) is 61.8 Å². The van der Waals surface area contributed by atoms with E-state index >= 15 is 0 Å². The summed E-state index contributed by atoms with van der Waals surface area (Å²) in [6.07, 6.45) is 0.575. The van der Waals surface area contributed by atoms with Crippen molar-refractivity contribution < 1.29 is 27.8 Å². The van der Waals surface area contributed by atoms with Crippen LogP contribution in [-0.4, -0.2) is 49.6 Å². The average Bonchev–Trinajstić information content (AvgIpc) is 3.67. The van der Waals surface area contributed by atoms with Crippen molar-refractivity contribution in [1.29, 1.82) is 0 Å². The minimum Gasteiger partial charge on any atom is -0.480 e. The summed E-state index contributed by atoms with van der Waals surface area (Å²) in [5.41, 5.74) is 2.91. The molecule has 14 heteroatoms. The van der Waals surface area contributed by atoms with Crippen molar-refractivity contribution in [2.24, 2.45) is 5.41 Å². The molecule has 3 unspecified atom stereocenters. The number of rotatable bonds is 6. The van der Waals surface area contributed by atoms with Gasteiger partial charge in [0.1, 0.15) is 17.1 Å². The quantitative estimate of drug-likeness (QED) is 0.235. The standard InChI is InChI=1S/C28H25ClF3N5O3S.ClH/c1-15-6-9-37(36-15)21-10-17(29)2-3-18(21)24(28(30,31)32)40-25-23-22(34-14-35-25)19(12-41-23)16-4-7-27(8-5-16)11-20(26(38)39)33-13-27;/h2-4,6,9-10,12,14,20,24,33H,5,7-8,11,13H2,1H3,(H,38,39);1H. The van der Waals surface area contributed by atoms with Gasteiger partial charge in [0, 0.05) is 34.3 Å². The fourth-order valence-electron chi connectivity index (χ4n) is 5.67. The van der Waals surface area contributed by atoms with E-state index < -0.39 is 24.3 Å². The molecule has 4 heterocycles. The summed E-state index contributed by atoms with van der Waals surface area (Å²) >= 11 is 7.38. The van der Waals surface area contributed by atoms with Crippen molar-refractivity contribution in [3.63, 3.8) is 0 Å². The molecule has 8 nitrogen and oxygen atoms in total. The van der Waals surface area contributed by atoms with Crippen LogP contribution in [0.5, 0.6) is 5.88 Å². The predicted molar refractivity (Wildman–Crippen MR) is 156 cm³/mol. The van der Waals surface area contributed by atoms with Gasteiger partial charge in [-0.3, -0.25) is 4.79 Å². The summed E-state index contributed by atoms with van der Waals surface area (Å²) in [6, 6.07) is 5.24. The number of benzene rings is 1. The third-order valence-electron chi connectivity index (χ3n) is 7.80. The number of nitrogens with one attached hydrogen (secondary N) is 1. The zero-order chi connectivity index (χ0) is 28.9. The van der Waals surface area contributed by atoms with Crippen molar-refractivity contribution in [3.8, 4) is 11.6 Å². The average molecular weight is 641 g/mol. The second kappa shape index (κ2) is 11.5. The Labute approximate surface area is 254 Å². The van der Waals surface area contributed by atoms with Gasteiger partial charge in [0.15, 0.2) is 0 Å². The third-order valence-corrected chi connectivity index (χ3v) is 8.99. The maximum Gasteiger partial charge on any atom is 0.429 e. The van der Waals surface area contributed by atoms with E-state index in [1.165, 1.54) is 40.5 Å². The van der Waals surface area contributed by atoms with Crippen LogP contribution in [0.4, 0.5) is 13.2 Å². The first-order valence-electron chi connectivity index (χ1n) is 13.0. The Hall–Kier alpha value is -3.19. The van der Waals surface area contributed by atoms with Crippen molar-refractivity contribution in [2.75, 3.05) is 6.54 Å². The summed E-state index contributed by atoms with van der Waals surface area (Å²) in [6.45, 7) is 2.38. The van der Waals surface area contributed by atoms with Gasteiger partial charge in [-0.2, -0.15) is 18.3 Å². The van der Waals surface area contributed by atoms with E-state index in [1.807, 2.05) is 5.38 Å². The molecule has 6 rings (SSSR count). The van der Waals surface area contributed by atoms with E-state index in [9.17, 15) is 23.1 Å². The van der Waals surface area contributed by atoms with Crippen LogP contribution in [0.3, 0.4) is 0 Å². The van der Waals surface area contributed by atoms with Crippen LogP contribution in [-0.2, 0) is 4.79 Å². The molecular weight excluding hydrogens is 614 g/mol. The van der Waals surface area contributed by atoms with E-state index in [0.29, 0.717) is 41.7 Å². The summed E-state index contributed by atoms with van der Waals surface area (Å²) in [5, 5.41) is 18.9. The molecular formula is C28H26Cl2F3N5O3S. The summed E-state index contributed by atoms with van der Waals surface area (Å²) in [7, 11) is 0. The molecule has 2 aliphatic rings. The molecule has 0 saturated carbocycles. The topological polar surface area (TPSA) is 102 Å². The van der Waals surface area contributed by atoms with Gasteiger partial charge in [0.25, 0.3) is 0 Å². The van der Waals surface area contributed by atoms with Crippen molar-refractivity contribution >= 4 is 57.1 Å². The van der Waals surface area contributed by atoms with Crippen molar-refractivity contribution in [2.45, 2.75) is 50.9 Å². The largest absolute Gasteiger partial charge is 0.480 e. The Kier molecular flexibility index (Phi) is 8.27. The van der Waals surface area contributed by atoms with E-state index in [2.05, 4.69) is 26.5 Å². The minimum atomic E-state index is -4.77. The van der Waals surface area contributed by atoms with Crippen molar-refractivity contribution in [3.05, 3.63) is 70.1 Å². The third kappa shape index (κ3) is 5.72. The normalized spacial score (nSPS) is 21.3. The van der Waals surface area contributed by atoms with Crippen LogP contribution in [0.1, 0.15) is 48.6 Å². The van der Waals surface area contributed by atoms with Crippen LogP contribution in [0.15, 0.2) is 48.2 Å². The number of hydrogen-bond donors (Lipinski definition) is 2. The number of ether oxygens (including phenoxy) is 1. The van der Waals surface area contributed by atoms with Gasteiger partial charge < -0.3 is 15.2 Å². The number of carbonyl (C=O) groups is 1. The van der Waals surface area contributed by atoms with E-state index in [4.69, 9.17) is 16.3 Å². The second-order valence-corrected chi connectivity index (χ2v) is 11.9. The fourth-order valence-corrected chi connectivity index (χ4v) is 6.81. The highest BCUT2D eigenvalue weighted by Crippen LogP contribution is 2.47. The molecule has 1 spiro atoms. The zero-order valence-corrected chi connectivity index (χ0v) is 24.6. The molecule has 1 aliphatic heterocycles. The molecule has 0 bridgehead atoms. The maximum atomic E-state index is 14.5. The molecule has 1 aliphatic carbocycles. The molecule has 1 aromatic carbocycles. The first-order chi connectivity index (χ1) is 19.5. The number of allylic oxidation sites excluding steroid dienone is 2. The van der Waals surface area contributed by atoms with Crippen LogP contribution in [0.25, 0.3) is 21.5 Å². The zero-order valence-electron chi connectivity index (χ0n) is 22.2.